The monoisotopic (exact) mass is 1890 g/mol. The summed E-state index contributed by atoms with van der Waals surface area (Å²) in [6, 6.07) is 92.1. The summed E-state index contributed by atoms with van der Waals surface area (Å²) >= 11 is 11.3. The van der Waals surface area contributed by atoms with Crippen molar-refractivity contribution in [3.05, 3.63) is 386 Å². The second kappa shape index (κ2) is 44.0. The van der Waals surface area contributed by atoms with Crippen molar-refractivity contribution in [3.8, 4) is 67.4 Å². The van der Waals surface area contributed by atoms with Gasteiger partial charge >= 0.3 is 0 Å². The van der Waals surface area contributed by atoms with Crippen LogP contribution in [0.5, 0.6) is 0 Å². The van der Waals surface area contributed by atoms with Gasteiger partial charge in [-0.05, 0) is 161 Å². The van der Waals surface area contributed by atoms with Crippen LogP contribution in [-0.4, -0.2) is 123 Å². The molecule has 656 valence electrons. The number of nitrogens with one attached hydrogen (secondary N) is 4. The SMILES string of the molecule is O=C(CSc1nc2c(c(=O)n1-c1ccccc1)SCC2)Nc1ccc(-c2ccccc2)cc1.O=C(CSc1nc2c(c(=O)n1-c1ccccc1)SCC2)Nc1ccc(-c2ccccn2)cc1.O=C(CSc1nc2c(c(=O)n1-c1ccccc1)SCC2)Nc1ccc(-c2cccnc2)cc1.O=C(CSc1nc2c(c(=O)n1-c1ccccc1)SCC2)Nc1ccc(-c2ccncc2)cc1. The number of benzene rings is 9. The van der Waals surface area contributed by atoms with Crippen molar-refractivity contribution >= 4 is 140 Å². The van der Waals surface area contributed by atoms with Crippen LogP contribution < -0.4 is 43.5 Å². The van der Waals surface area contributed by atoms with Gasteiger partial charge < -0.3 is 21.3 Å². The molecule has 9 aromatic carbocycles. The molecule has 0 bridgehead atoms. The molecule has 7 aromatic heterocycles. The minimum absolute atomic E-state index is 0.0619. The van der Waals surface area contributed by atoms with Crippen molar-refractivity contribution in [3.63, 3.8) is 0 Å². The van der Waals surface area contributed by atoms with E-state index in [4.69, 9.17) is 19.9 Å². The van der Waals surface area contributed by atoms with E-state index in [-0.39, 0.29) is 68.9 Å². The van der Waals surface area contributed by atoms with Gasteiger partial charge in [-0.2, -0.15) is 0 Å². The first-order valence-electron chi connectivity index (χ1n) is 42.0. The van der Waals surface area contributed by atoms with E-state index in [9.17, 15) is 38.4 Å². The number of aromatic nitrogens is 11. The predicted octanol–water partition coefficient (Wildman–Crippen LogP) is 19.3. The molecule has 31 heteroatoms. The molecule has 11 heterocycles. The third kappa shape index (κ3) is 22.6. The molecular formula is C101H81N15O8S8. The quantitative estimate of drug-likeness (QED) is 0.0323. The fourth-order valence-corrected chi connectivity index (χ4v) is 21.9. The zero-order chi connectivity index (χ0) is 90.5. The highest BCUT2D eigenvalue weighted by molar-refractivity contribution is 8.01. The molecule has 0 radical (unpaired) electrons. The minimum atomic E-state index is -0.158. The zero-order valence-electron chi connectivity index (χ0n) is 70.5. The minimum Gasteiger partial charge on any atom is -0.325 e. The van der Waals surface area contributed by atoms with Gasteiger partial charge in [0.05, 0.1) is 93.8 Å². The molecule has 0 fully saturated rings. The van der Waals surface area contributed by atoms with Crippen molar-refractivity contribution < 1.29 is 19.2 Å². The van der Waals surface area contributed by atoms with Crippen LogP contribution in [0.2, 0.25) is 0 Å². The van der Waals surface area contributed by atoms with Crippen LogP contribution in [0.15, 0.2) is 382 Å². The zero-order valence-corrected chi connectivity index (χ0v) is 77.1. The Hall–Kier alpha value is -13.4. The van der Waals surface area contributed by atoms with Crippen LogP contribution in [-0.2, 0) is 44.9 Å². The third-order valence-corrected chi connectivity index (χ3v) is 29.0. The fourth-order valence-electron chi connectivity index (χ4n) is 14.5. The molecule has 132 heavy (non-hydrogen) atoms. The second-order valence-corrected chi connectivity index (χ2v) is 37.9. The summed E-state index contributed by atoms with van der Waals surface area (Å²) in [5.41, 5.74) is 17.2. The summed E-state index contributed by atoms with van der Waals surface area (Å²) in [6.45, 7) is 0. The number of nitrogens with zero attached hydrogens (tertiary/aromatic N) is 11. The molecule has 20 rings (SSSR count). The van der Waals surface area contributed by atoms with Gasteiger partial charge in [-0.15, -0.1) is 47.0 Å². The van der Waals surface area contributed by atoms with Gasteiger partial charge in [0, 0.05) is 108 Å². The Morgan fingerprint density at radius 1 is 0.273 bits per heavy atom. The van der Waals surface area contributed by atoms with Crippen molar-refractivity contribution in [1.82, 2.24) is 53.2 Å². The number of carbonyl (C=O) groups excluding carboxylic acids is 4. The Balaban J connectivity index is 0.000000123. The Labute approximate surface area is 793 Å². The highest BCUT2D eigenvalue weighted by atomic mass is 32.2. The number of fused-ring (bicyclic) bond motifs is 4. The van der Waals surface area contributed by atoms with Gasteiger partial charge in [-0.1, -0.05) is 211 Å². The summed E-state index contributed by atoms with van der Waals surface area (Å²) < 4.78 is 6.44. The average Bonchev–Trinajstić information content (AvgIpc) is 1.59. The lowest BCUT2D eigenvalue weighted by molar-refractivity contribution is -0.114. The number of thioether (sulfide) groups is 8. The Kier molecular flexibility index (Phi) is 30.2. The molecule has 0 atom stereocenters. The van der Waals surface area contributed by atoms with E-state index in [2.05, 4.69) is 48.4 Å². The first-order chi connectivity index (χ1) is 64.7. The number of hydrogen-bond donors (Lipinski definition) is 4. The van der Waals surface area contributed by atoms with E-state index < -0.39 is 0 Å². The van der Waals surface area contributed by atoms with Crippen molar-refractivity contribution in [2.24, 2.45) is 0 Å². The molecule has 0 aliphatic carbocycles. The number of rotatable bonds is 24. The van der Waals surface area contributed by atoms with Crippen molar-refractivity contribution in [1.29, 1.82) is 0 Å². The number of aryl methyl sites for hydroxylation is 4. The Bertz CT molecular complexity index is 6210. The van der Waals surface area contributed by atoms with Crippen LogP contribution in [0, 0.1) is 0 Å². The van der Waals surface area contributed by atoms with E-state index in [0.29, 0.717) is 51.6 Å². The summed E-state index contributed by atoms with van der Waals surface area (Å²) in [7, 11) is 0. The molecule has 0 saturated heterocycles. The van der Waals surface area contributed by atoms with Crippen molar-refractivity contribution in [2.75, 3.05) is 67.3 Å². The topological polar surface area (TPSA) is 295 Å². The Morgan fingerprint density at radius 3 is 0.841 bits per heavy atom. The van der Waals surface area contributed by atoms with Crippen LogP contribution >= 0.6 is 94.1 Å². The smallest absolute Gasteiger partial charge is 0.272 e. The molecule has 4 N–H and O–H groups in total. The maximum atomic E-state index is 13.2. The lowest BCUT2D eigenvalue weighted by Gasteiger charge is -2.13. The van der Waals surface area contributed by atoms with Gasteiger partial charge in [-0.3, -0.25) is 71.6 Å². The van der Waals surface area contributed by atoms with E-state index >= 15 is 0 Å². The normalized spacial score (nSPS) is 12.4. The van der Waals surface area contributed by atoms with Gasteiger partial charge in [0.15, 0.2) is 20.6 Å². The fraction of sp³-hybridized carbons (Fsp3) is 0.119. The van der Waals surface area contributed by atoms with E-state index in [1.54, 1.807) is 96.3 Å². The van der Waals surface area contributed by atoms with Crippen molar-refractivity contribution in [2.45, 2.75) is 65.9 Å². The molecule has 0 spiro atoms. The summed E-state index contributed by atoms with van der Waals surface area (Å²) in [4.78, 5) is 137. The standard InChI is InChI=1S/C26H21N3O2S2.3C25H20N4O2S2/c30-23(27-20-13-11-19(12-14-20)18-7-3-1-4-8-18)17-33-26-28-22-15-16-32-24(22)25(31)29(26)21-9-5-2-6-10-21;30-22(27-19-10-8-17(9-11-19)18-5-4-13-26-15-18)16-33-25-28-21-12-14-32-23(21)24(31)29(25)20-6-2-1-3-7-20;30-22(27-18-11-9-17(10-12-18)20-8-4-5-14-26-20)16-33-25-28-21-13-15-32-23(21)24(31)29(25)19-6-2-1-3-7-19;30-22(27-19-8-6-17(7-9-19)18-10-13-26-14-11-18)16-33-25-28-21-12-15-32-23(21)24(31)29(25)20-4-2-1-3-5-20/h1-14H,15-17H2,(H,27,30);1-11,13,15H,12,14,16H2,(H,27,30);1-12,14H,13,15-16H2,(H,27,30);1-11,13-14H,12,15-16H2,(H,27,30). The molecule has 16 aromatic rings. The number of hydrogen-bond acceptors (Lipinski definition) is 23. The molecule has 4 aliphatic heterocycles. The van der Waals surface area contributed by atoms with Gasteiger partial charge in [0.25, 0.3) is 22.2 Å². The molecule has 0 saturated carbocycles. The van der Waals surface area contributed by atoms with Gasteiger partial charge in [-0.25, -0.2) is 19.9 Å². The lowest BCUT2D eigenvalue weighted by Crippen LogP contribution is -2.24. The van der Waals surface area contributed by atoms with Crippen LogP contribution in [0.1, 0.15) is 22.8 Å². The highest BCUT2D eigenvalue weighted by Crippen LogP contribution is 2.36. The van der Waals surface area contributed by atoms with Gasteiger partial charge in [0.1, 0.15) is 0 Å². The van der Waals surface area contributed by atoms with Gasteiger partial charge in [0.2, 0.25) is 23.6 Å². The Morgan fingerprint density at radius 2 is 0.545 bits per heavy atom. The number of anilines is 4. The third-order valence-electron chi connectivity index (χ3n) is 20.8. The molecule has 4 aliphatic rings. The van der Waals surface area contributed by atoms with E-state index in [1.165, 1.54) is 47.0 Å². The molecule has 4 amide bonds. The lowest BCUT2D eigenvalue weighted by atomic mass is 10.1. The van der Waals surface area contributed by atoms with E-state index in [0.717, 1.165) is 150 Å². The maximum absolute atomic E-state index is 13.2. The average molecular weight is 1890 g/mol. The molecular weight excluding hydrogens is 1810 g/mol. The number of para-hydroxylation sites is 4. The summed E-state index contributed by atoms with van der Waals surface area (Å²) in [6.07, 6.45) is 11.9. The number of pyridine rings is 3. The van der Waals surface area contributed by atoms with Crippen LogP contribution in [0.3, 0.4) is 0 Å². The number of carbonyl (C=O) groups is 4. The number of amides is 4. The predicted molar refractivity (Wildman–Crippen MR) is 535 cm³/mol. The molecule has 0 unspecified atom stereocenters. The summed E-state index contributed by atoms with van der Waals surface area (Å²) in [5, 5.41) is 13.9. The highest BCUT2D eigenvalue weighted by Gasteiger charge is 2.29. The first-order valence-corrected chi connectivity index (χ1v) is 49.9. The maximum Gasteiger partial charge on any atom is 0.272 e. The molecule has 23 nitrogen and oxygen atoms in total. The largest absolute Gasteiger partial charge is 0.325 e. The van der Waals surface area contributed by atoms with E-state index in [1.807, 2.05) is 279 Å². The second-order valence-electron chi connectivity index (χ2n) is 29.7. The van der Waals surface area contributed by atoms with Crippen LogP contribution in [0.25, 0.3) is 67.4 Å². The summed E-state index contributed by atoms with van der Waals surface area (Å²) in [5.74, 6) is 3.43. The van der Waals surface area contributed by atoms with Crippen LogP contribution in [0.4, 0.5) is 22.7 Å². The first kappa shape index (κ1) is 90.6.